The molecule has 0 saturated heterocycles. The highest BCUT2D eigenvalue weighted by Gasteiger charge is 2.32. The first-order valence-corrected chi connectivity index (χ1v) is 11.4. The van der Waals surface area contributed by atoms with Crippen molar-refractivity contribution in [3.05, 3.63) is 108 Å². The molecule has 0 unspecified atom stereocenters. The minimum atomic E-state index is -4.78. The fraction of sp³-hybridized carbons (Fsp3) is 0.185. The molecule has 0 fully saturated rings. The van der Waals surface area contributed by atoms with Gasteiger partial charge >= 0.3 is 6.36 Å². The Morgan fingerprint density at radius 3 is 2.19 bits per heavy atom. The topological polar surface area (TPSA) is 59.4 Å². The summed E-state index contributed by atoms with van der Waals surface area (Å²) in [7, 11) is 1.55. The van der Waals surface area contributed by atoms with Crippen LogP contribution in [0.3, 0.4) is 0 Å². The zero-order chi connectivity index (χ0) is 25.3. The Balaban J connectivity index is 1.43. The van der Waals surface area contributed by atoms with Crippen LogP contribution in [0.15, 0.2) is 91.0 Å². The number of carbonyl (C=O) groups is 1. The molecule has 0 aliphatic carbocycles. The van der Waals surface area contributed by atoms with Gasteiger partial charge in [-0.3, -0.25) is 4.79 Å². The van der Waals surface area contributed by atoms with Crippen LogP contribution in [0.1, 0.15) is 40.1 Å². The summed E-state index contributed by atoms with van der Waals surface area (Å²) in [4.78, 5) is 14.6. The van der Waals surface area contributed by atoms with Crippen molar-refractivity contribution in [2.75, 3.05) is 17.3 Å². The average molecular weight is 493 g/mol. The van der Waals surface area contributed by atoms with Crippen molar-refractivity contribution in [1.29, 1.82) is 0 Å². The lowest BCUT2D eigenvalue weighted by molar-refractivity contribution is -0.274. The Morgan fingerprint density at radius 2 is 1.58 bits per heavy atom. The van der Waals surface area contributed by atoms with E-state index in [9.17, 15) is 18.0 Å². The Kier molecular flexibility index (Phi) is 6.13. The number of nitrogens with zero attached hydrogens (tertiary/aromatic N) is 3. The van der Waals surface area contributed by atoms with Crippen LogP contribution in [-0.4, -0.2) is 29.1 Å². The quantitative estimate of drug-likeness (QED) is 0.360. The first-order chi connectivity index (χ1) is 17.3. The molecule has 1 aromatic heterocycles. The third-order valence-corrected chi connectivity index (χ3v) is 6.18. The Labute approximate surface area is 205 Å². The Hall–Kier alpha value is -4.27. The van der Waals surface area contributed by atoms with Gasteiger partial charge in [-0.1, -0.05) is 60.7 Å². The molecule has 0 radical (unpaired) electrons. The maximum atomic E-state index is 13.3. The van der Waals surface area contributed by atoms with Crippen molar-refractivity contribution in [1.82, 2.24) is 9.78 Å². The molecule has 1 aliphatic rings. The number of ether oxygens (including phenoxy) is 1. The van der Waals surface area contributed by atoms with Crippen LogP contribution in [0, 0.1) is 0 Å². The number of anilines is 2. The first kappa shape index (κ1) is 23.5. The van der Waals surface area contributed by atoms with E-state index < -0.39 is 6.36 Å². The van der Waals surface area contributed by atoms with Crippen molar-refractivity contribution in [2.45, 2.75) is 24.9 Å². The van der Waals surface area contributed by atoms with Crippen LogP contribution in [0.5, 0.6) is 5.75 Å². The molecule has 184 valence electrons. The highest BCUT2D eigenvalue weighted by molar-refractivity contribution is 6.04. The second kappa shape index (κ2) is 9.41. The zero-order valence-electron chi connectivity index (χ0n) is 19.3. The standard InChI is InChI=1S/C27H23F3N4O2/c1-33(20-12-14-21(15-13-20)36-27(28,29)30)26(35)23-17-25-31-22(18-8-4-2-5-9-18)16-24(34(25)32-23)19-10-6-3-7-11-19/h2-15,17,22,24,31H,16H2,1H3/t22-,24-/m0/s1. The molecule has 4 aromatic rings. The lowest BCUT2D eigenvalue weighted by atomic mass is 9.93. The normalized spacial score (nSPS) is 17.1. The van der Waals surface area contributed by atoms with Gasteiger partial charge in [-0.2, -0.15) is 5.10 Å². The summed E-state index contributed by atoms with van der Waals surface area (Å²) in [5.74, 6) is -0.0210. The molecule has 5 rings (SSSR count). The molecular weight excluding hydrogens is 469 g/mol. The first-order valence-electron chi connectivity index (χ1n) is 11.4. The molecule has 2 heterocycles. The Bertz CT molecular complexity index is 1340. The van der Waals surface area contributed by atoms with E-state index in [0.717, 1.165) is 23.4 Å². The number of rotatable bonds is 5. The molecule has 0 saturated carbocycles. The number of fused-ring (bicyclic) bond motifs is 1. The molecule has 0 bridgehead atoms. The molecule has 0 spiro atoms. The molecule has 36 heavy (non-hydrogen) atoms. The van der Waals surface area contributed by atoms with E-state index in [1.54, 1.807) is 13.1 Å². The molecule has 1 N–H and O–H groups in total. The molecule has 1 aliphatic heterocycles. The number of benzene rings is 3. The van der Waals surface area contributed by atoms with Gasteiger partial charge in [0.15, 0.2) is 5.69 Å². The SMILES string of the molecule is CN(C(=O)c1cc2n(n1)[C@H](c1ccccc1)C[C@@H](c1ccccc1)N2)c1ccc(OC(F)(F)F)cc1. The highest BCUT2D eigenvalue weighted by Crippen LogP contribution is 2.39. The summed E-state index contributed by atoms with van der Waals surface area (Å²) >= 11 is 0. The van der Waals surface area contributed by atoms with E-state index in [-0.39, 0.29) is 29.4 Å². The van der Waals surface area contributed by atoms with Gasteiger partial charge in [-0.25, -0.2) is 4.68 Å². The van der Waals surface area contributed by atoms with Crippen LogP contribution in [0.4, 0.5) is 24.7 Å². The average Bonchev–Trinajstić information content (AvgIpc) is 3.32. The Morgan fingerprint density at radius 1 is 0.972 bits per heavy atom. The number of hydrogen-bond donors (Lipinski definition) is 1. The molecule has 2 atom stereocenters. The van der Waals surface area contributed by atoms with Gasteiger partial charge in [0.1, 0.15) is 11.6 Å². The number of carbonyl (C=O) groups excluding carboxylic acids is 1. The van der Waals surface area contributed by atoms with Gasteiger partial charge in [0, 0.05) is 18.8 Å². The maximum absolute atomic E-state index is 13.3. The lowest BCUT2D eigenvalue weighted by Gasteiger charge is -2.32. The van der Waals surface area contributed by atoms with Crippen molar-refractivity contribution >= 4 is 17.4 Å². The van der Waals surface area contributed by atoms with Crippen LogP contribution < -0.4 is 15.0 Å². The molecule has 6 nitrogen and oxygen atoms in total. The lowest BCUT2D eigenvalue weighted by Crippen LogP contribution is -2.28. The van der Waals surface area contributed by atoms with Crippen LogP contribution in [-0.2, 0) is 0 Å². The largest absolute Gasteiger partial charge is 0.573 e. The predicted molar refractivity (Wildman–Crippen MR) is 130 cm³/mol. The summed E-state index contributed by atoms with van der Waals surface area (Å²) in [6, 6.07) is 26.9. The number of amides is 1. The van der Waals surface area contributed by atoms with E-state index in [0.29, 0.717) is 5.69 Å². The highest BCUT2D eigenvalue weighted by atomic mass is 19.4. The monoisotopic (exact) mass is 492 g/mol. The smallest absolute Gasteiger partial charge is 0.406 e. The van der Waals surface area contributed by atoms with Crippen molar-refractivity contribution in [3.63, 3.8) is 0 Å². The number of alkyl halides is 3. The van der Waals surface area contributed by atoms with Gasteiger partial charge in [-0.05, 0) is 41.8 Å². The summed E-state index contributed by atoms with van der Waals surface area (Å²) in [5, 5.41) is 8.14. The molecule has 9 heteroatoms. The van der Waals surface area contributed by atoms with E-state index in [4.69, 9.17) is 0 Å². The van der Waals surface area contributed by atoms with Crippen LogP contribution in [0.2, 0.25) is 0 Å². The van der Waals surface area contributed by atoms with Gasteiger partial charge in [0.2, 0.25) is 0 Å². The van der Waals surface area contributed by atoms with Crippen molar-refractivity contribution in [2.24, 2.45) is 0 Å². The minimum absolute atomic E-state index is 0.0301. The van der Waals surface area contributed by atoms with Crippen molar-refractivity contribution in [3.8, 4) is 5.75 Å². The summed E-state index contributed by atoms with van der Waals surface area (Å²) in [5.41, 5.74) is 2.86. The number of hydrogen-bond acceptors (Lipinski definition) is 4. The van der Waals surface area contributed by atoms with E-state index in [1.165, 1.54) is 29.2 Å². The number of aromatic nitrogens is 2. The molecule has 3 aromatic carbocycles. The number of nitrogens with one attached hydrogen (secondary N) is 1. The van der Waals surface area contributed by atoms with Crippen molar-refractivity contribution < 1.29 is 22.7 Å². The van der Waals surface area contributed by atoms with Crippen LogP contribution in [0.25, 0.3) is 0 Å². The van der Waals surface area contributed by atoms with Crippen LogP contribution >= 0.6 is 0 Å². The fourth-order valence-electron chi connectivity index (χ4n) is 4.42. The summed E-state index contributed by atoms with van der Waals surface area (Å²) < 4.78 is 43.1. The van der Waals surface area contributed by atoms with Gasteiger partial charge in [-0.15, -0.1) is 13.2 Å². The molecular formula is C27H23F3N4O2. The maximum Gasteiger partial charge on any atom is 0.573 e. The van der Waals surface area contributed by atoms with Gasteiger partial charge in [0.25, 0.3) is 5.91 Å². The van der Waals surface area contributed by atoms with E-state index >= 15 is 0 Å². The third kappa shape index (κ3) is 4.91. The summed E-state index contributed by atoms with van der Waals surface area (Å²) in [6.45, 7) is 0. The predicted octanol–water partition coefficient (Wildman–Crippen LogP) is 6.20. The summed E-state index contributed by atoms with van der Waals surface area (Å²) in [6.07, 6.45) is -4.04. The minimum Gasteiger partial charge on any atom is -0.406 e. The van der Waals surface area contributed by atoms with Gasteiger partial charge < -0.3 is 15.0 Å². The zero-order valence-corrected chi connectivity index (χ0v) is 19.3. The number of halogens is 3. The van der Waals surface area contributed by atoms with E-state index in [2.05, 4.69) is 27.3 Å². The fourth-order valence-corrected chi connectivity index (χ4v) is 4.42. The van der Waals surface area contributed by atoms with Gasteiger partial charge in [0.05, 0.1) is 12.1 Å². The molecule has 1 amide bonds. The second-order valence-corrected chi connectivity index (χ2v) is 8.54. The third-order valence-electron chi connectivity index (χ3n) is 6.18. The van der Waals surface area contributed by atoms with E-state index in [1.807, 2.05) is 53.2 Å². The second-order valence-electron chi connectivity index (χ2n) is 8.54.